The molecule has 0 saturated heterocycles. The van der Waals surface area contributed by atoms with Crippen LogP contribution in [0.15, 0.2) is 0 Å². The maximum Gasteiger partial charge on any atom is 0.203 e. The Morgan fingerprint density at radius 2 is 1.91 bits per heavy atom. The van der Waals surface area contributed by atoms with E-state index in [2.05, 4.69) is 11.8 Å². The first-order valence-electron chi connectivity index (χ1n) is 3.80. The van der Waals surface area contributed by atoms with E-state index >= 15 is 0 Å². The Kier molecular flexibility index (Phi) is 5.28. The Hall–Kier alpha value is -0.250. The quantitative estimate of drug-likeness (QED) is 0.483. The lowest BCUT2D eigenvalue weighted by molar-refractivity contribution is 0.360. The van der Waals surface area contributed by atoms with E-state index in [4.69, 9.17) is 4.52 Å². The van der Waals surface area contributed by atoms with Gasteiger partial charge in [-0.1, -0.05) is 19.8 Å². The minimum absolute atomic E-state index is 0.301. The molecule has 0 aromatic rings. The van der Waals surface area contributed by atoms with Gasteiger partial charge in [0.15, 0.2) is 0 Å². The van der Waals surface area contributed by atoms with Gasteiger partial charge in [0, 0.05) is 12.3 Å². The molecular formula is C8H15O2P. The van der Waals surface area contributed by atoms with Crippen LogP contribution in [0.25, 0.3) is 0 Å². The third-order valence-electron chi connectivity index (χ3n) is 1.51. The van der Waals surface area contributed by atoms with E-state index in [0.717, 1.165) is 0 Å². The Balaban J connectivity index is 3.85. The van der Waals surface area contributed by atoms with E-state index in [1.807, 2.05) is 13.8 Å². The van der Waals surface area contributed by atoms with Gasteiger partial charge in [-0.15, -0.1) is 5.92 Å². The lowest BCUT2D eigenvalue weighted by atomic mass is 10.6. The molecule has 0 N–H and O–H groups in total. The number of hydrogen-bond acceptors (Lipinski definition) is 2. The zero-order valence-electron chi connectivity index (χ0n) is 7.39. The van der Waals surface area contributed by atoms with Gasteiger partial charge in [0.1, 0.15) is 6.61 Å². The molecule has 3 heteroatoms. The van der Waals surface area contributed by atoms with Crippen molar-refractivity contribution in [3.05, 3.63) is 0 Å². The van der Waals surface area contributed by atoms with Gasteiger partial charge in [0.25, 0.3) is 0 Å². The minimum atomic E-state index is -2.31. The van der Waals surface area contributed by atoms with Gasteiger partial charge < -0.3 is 4.52 Å². The summed E-state index contributed by atoms with van der Waals surface area (Å²) in [5.41, 5.74) is 0. The van der Waals surface area contributed by atoms with Crippen LogP contribution >= 0.6 is 7.37 Å². The van der Waals surface area contributed by atoms with Gasteiger partial charge in [-0.3, -0.25) is 4.57 Å². The van der Waals surface area contributed by atoms with Crippen molar-refractivity contribution in [3.8, 4) is 11.8 Å². The van der Waals surface area contributed by atoms with E-state index in [0.29, 0.717) is 18.9 Å². The zero-order chi connectivity index (χ0) is 8.74. The second-order valence-electron chi connectivity index (χ2n) is 2.15. The molecule has 0 heterocycles. The lowest BCUT2D eigenvalue weighted by Crippen LogP contribution is -1.95. The van der Waals surface area contributed by atoms with Gasteiger partial charge in [-0.05, 0) is 6.92 Å². The van der Waals surface area contributed by atoms with Crippen molar-refractivity contribution in [3.63, 3.8) is 0 Å². The average Bonchev–Trinajstić information content (AvgIpc) is 2.05. The number of rotatable bonds is 4. The van der Waals surface area contributed by atoms with Crippen LogP contribution in [-0.2, 0) is 9.09 Å². The van der Waals surface area contributed by atoms with Crippen LogP contribution in [0.5, 0.6) is 0 Å². The summed E-state index contributed by atoms with van der Waals surface area (Å²) in [6, 6.07) is 0. The van der Waals surface area contributed by atoms with Crippen LogP contribution in [0.1, 0.15) is 20.8 Å². The molecule has 0 aliphatic carbocycles. The molecule has 0 aromatic carbocycles. The molecule has 0 amide bonds. The van der Waals surface area contributed by atoms with E-state index in [9.17, 15) is 4.57 Å². The summed E-state index contributed by atoms with van der Waals surface area (Å²) in [6.45, 7) is 5.80. The molecule has 11 heavy (non-hydrogen) atoms. The number of hydrogen-bond donors (Lipinski definition) is 0. The van der Waals surface area contributed by atoms with Crippen molar-refractivity contribution in [2.75, 3.05) is 18.9 Å². The second-order valence-corrected chi connectivity index (χ2v) is 5.30. The first-order valence-corrected chi connectivity index (χ1v) is 5.80. The maximum atomic E-state index is 11.5. The lowest BCUT2D eigenvalue weighted by Gasteiger charge is -2.11. The van der Waals surface area contributed by atoms with Gasteiger partial charge in [-0.25, -0.2) is 0 Å². The van der Waals surface area contributed by atoms with E-state index in [-0.39, 0.29) is 0 Å². The molecule has 2 nitrogen and oxygen atoms in total. The fourth-order valence-corrected chi connectivity index (χ4v) is 1.74. The summed E-state index contributed by atoms with van der Waals surface area (Å²) in [5, 5.41) is 0. The summed E-state index contributed by atoms with van der Waals surface area (Å²) in [4.78, 5) is 0. The zero-order valence-corrected chi connectivity index (χ0v) is 8.28. The van der Waals surface area contributed by atoms with Crippen molar-refractivity contribution in [1.29, 1.82) is 0 Å². The molecule has 0 aliphatic rings. The summed E-state index contributed by atoms with van der Waals surface area (Å²) < 4.78 is 16.7. The van der Waals surface area contributed by atoms with E-state index < -0.39 is 7.37 Å². The molecule has 0 radical (unpaired) electrons. The molecule has 0 aliphatic heterocycles. The van der Waals surface area contributed by atoms with Crippen molar-refractivity contribution in [2.45, 2.75) is 20.8 Å². The average molecular weight is 174 g/mol. The fraction of sp³-hybridized carbons (Fsp3) is 0.750. The Bertz CT molecular complexity index is 192. The highest BCUT2D eigenvalue weighted by Gasteiger charge is 2.15. The molecule has 0 unspecified atom stereocenters. The normalized spacial score (nSPS) is 10.5. The molecule has 0 atom stereocenters. The van der Waals surface area contributed by atoms with Crippen LogP contribution in [0.4, 0.5) is 0 Å². The third kappa shape index (κ3) is 4.24. The van der Waals surface area contributed by atoms with Crippen LogP contribution < -0.4 is 0 Å². The van der Waals surface area contributed by atoms with Crippen molar-refractivity contribution in [2.24, 2.45) is 0 Å². The Morgan fingerprint density at radius 1 is 1.36 bits per heavy atom. The van der Waals surface area contributed by atoms with Crippen molar-refractivity contribution >= 4 is 7.37 Å². The summed E-state index contributed by atoms with van der Waals surface area (Å²) in [7, 11) is -2.31. The van der Waals surface area contributed by atoms with Crippen LogP contribution in [0, 0.1) is 11.8 Å². The molecule has 0 saturated carbocycles. The van der Waals surface area contributed by atoms with E-state index in [1.54, 1.807) is 6.92 Å². The smallest absolute Gasteiger partial charge is 0.203 e. The van der Waals surface area contributed by atoms with Gasteiger partial charge in [-0.2, -0.15) is 0 Å². The van der Waals surface area contributed by atoms with Crippen molar-refractivity contribution < 1.29 is 9.09 Å². The first kappa shape index (κ1) is 10.8. The predicted octanol–water partition coefficient (Wildman–Crippen LogP) is 2.34. The molecule has 0 spiro atoms. The standard InChI is InChI=1S/C8H15O2P/c1-4-7-8-10-11(9,5-2)6-3/h5-6,8H2,1-3H3. The van der Waals surface area contributed by atoms with Gasteiger partial charge in [0.2, 0.25) is 7.37 Å². The first-order chi connectivity index (χ1) is 5.18. The van der Waals surface area contributed by atoms with Crippen LogP contribution in [-0.4, -0.2) is 18.9 Å². The molecule has 0 aromatic heterocycles. The second kappa shape index (κ2) is 5.41. The maximum absolute atomic E-state index is 11.5. The summed E-state index contributed by atoms with van der Waals surface area (Å²) >= 11 is 0. The molecular weight excluding hydrogens is 159 g/mol. The Labute approximate surface area is 68.8 Å². The Morgan fingerprint density at radius 3 is 2.27 bits per heavy atom. The minimum Gasteiger partial charge on any atom is -0.315 e. The molecule has 0 rings (SSSR count). The molecule has 64 valence electrons. The highest BCUT2D eigenvalue weighted by molar-refractivity contribution is 7.58. The van der Waals surface area contributed by atoms with Gasteiger partial charge >= 0.3 is 0 Å². The third-order valence-corrected chi connectivity index (χ3v) is 4.04. The van der Waals surface area contributed by atoms with Crippen molar-refractivity contribution in [1.82, 2.24) is 0 Å². The van der Waals surface area contributed by atoms with Crippen LogP contribution in [0.2, 0.25) is 0 Å². The van der Waals surface area contributed by atoms with E-state index in [1.165, 1.54) is 0 Å². The highest BCUT2D eigenvalue weighted by atomic mass is 31.2. The monoisotopic (exact) mass is 174 g/mol. The summed E-state index contributed by atoms with van der Waals surface area (Å²) in [5.74, 6) is 5.42. The summed E-state index contributed by atoms with van der Waals surface area (Å²) in [6.07, 6.45) is 1.21. The SMILES string of the molecule is CC#CCOP(=O)(CC)CC. The molecule has 0 fully saturated rings. The fourth-order valence-electron chi connectivity index (χ4n) is 0.628. The van der Waals surface area contributed by atoms with Crippen LogP contribution in [0.3, 0.4) is 0 Å². The predicted molar refractivity (Wildman–Crippen MR) is 48.1 cm³/mol. The molecule has 0 bridgehead atoms. The largest absolute Gasteiger partial charge is 0.315 e. The van der Waals surface area contributed by atoms with Gasteiger partial charge in [0.05, 0.1) is 0 Å². The highest BCUT2D eigenvalue weighted by Crippen LogP contribution is 2.45. The topological polar surface area (TPSA) is 26.3 Å².